The van der Waals surface area contributed by atoms with Crippen molar-refractivity contribution < 1.29 is 19.2 Å². The van der Waals surface area contributed by atoms with E-state index >= 15 is 0 Å². The molecule has 2 aliphatic heterocycles. The molecule has 2 aliphatic rings. The largest absolute Gasteiger partial charge is 0.478 e. The summed E-state index contributed by atoms with van der Waals surface area (Å²) in [4.78, 5) is 28.7. The van der Waals surface area contributed by atoms with Gasteiger partial charge < -0.3 is 15.0 Å². The van der Waals surface area contributed by atoms with Crippen LogP contribution in [0, 0.1) is 5.92 Å². The van der Waals surface area contributed by atoms with Crippen LogP contribution in [0.15, 0.2) is 24.3 Å². The fourth-order valence-corrected chi connectivity index (χ4v) is 4.62. The molecule has 29 heavy (non-hydrogen) atoms. The van der Waals surface area contributed by atoms with Gasteiger partial charge in [-0.3, -0.25) is 14.5 Å². The van der Waals surface area contributed by atoms with E-state index in [4.69, 9.17) is 4.74 Å². The Kier molecular flexibility index (Phi) is 7.17. The van der Waals surface area contributed by atoms with E-state index < -0.39 is 6.10 Å². The van der Waals surface area contributed by atoms with Gasteiger partial charge in [0.05, 0.1) is 24.3 Å². The number of para-hydroxylation sites is 2. The molecular weight excluding hydrogens is 366 g/mol. The summed E-state index contributed by atoms with van der Waals surface area (Å²) in [6, 6.07) is 8.83. The fourth-order valence-electron chi connectivity index (χ4n) is 4.62. The van der Waals surface area contributed by atoms with E-state index in [-0.39, 0.29) is 24.3 Å². The van der Waals surface area contributed by atoms with Gasteiger partial charge in [-0.2, -0.15) is 0 Å². The van der Waals surface area contributed by atoms with Crippen LogP contribution in [-0.2, 0) is 9.59 Å². The van der Waals surface area contributed by atoms with Gasteiger partial charge in [-0.15, -0.1) is 0 Å². The summed E-state index contributed by atoms with van der Waals surface area (Å²) in [5.74, 6) is 0.440. The number of anilines is 1. The van der Waals surface area contributed by atoms with Gasteiger partial charge in [-0.1, -0.05) is 26.0 Å². The molecule has 0 aromatic heterocycles. The monoisotopic (exact) mass is 402 g/mol. The second kappa shape index (κ2) is 9.61. The molecule has 0 spiro atoms. The minimum absolute atomic E-state index is 0.0335. The Morgan fingerprint density at radius 1 is 1.24 bits per heavy atom. The number of likely N-dealkylation sites (tertiary alicyclic amines) is 1. The lowest BCUT2D eigenvalue weighted by Gasteiger charge is -2.36. The molecule has 1 fully saturated rings. The normalized spacial score (nSPS) is 24.9. The van der Waals surface area contributed by atoms with E-state index in [1.165, 1.54) is 19.3 Å². The highest BCUT2D eigenvalue weighted by Crippen LogP contribution is 2.35. The van der Waals surface area contributed by atoms with Crippen molar-refractivity contribution in [3.63, 3.8) is 0 Å². The average molecular weight is 403 g/mol. The van der Waals surface area contributed by atoms with Crippen molar-refractivity contribution in [1.82, 2.24) is 5.32 Å². The summed E-state index contributed by atoms with van der Waals surface area (Å²) in [7, 11) is 0. The van der Waals surface area contributed by atoms with Crippen LogP contribution in [0.2, 0.25) is 0 Å². The van der Waals surface area contributed by atoms with Crippen molar-refractivity contribution in [2.75, 3.05) is 24.5 Å². The van der Waals surface area contributed by atoms with Crippen molar-refractivity contribution in [3.05, 3.63) is 24.3 Å². The van der Waals surface area contributed by atoms with E-state index in [2.05, 4.69) is 19.2 Å². The Morgan fingerprint density at radius 3 is 2.62 bits per heavy atom. The van der Waals surface area contributed by atoms with Gasteiger partial charge in [0.15, 0.2) is 6.10 Å². The van der Waals surface area contributed by atoms with Crippen LogP contribution in [0.1, 0.15) is 53.4 Å². The first kappa shape index (κ1) is 21.6. The summed E-state index contributed by atoms with van der Waals surface area (Å²) in [5.41, 5.74) is 0.671. The second-order valence-electron chi connectivity index (χ2n) is 8.94. The zero-order valence-corrected chi connectivity index (χ0v) is 18.2. The number of rotatable bonds is 7. The molecule has 6 nitrogen and oxygen atoms in total. The highest BCUT2D eigenvalue weighted by Gasteiger charge is 2.37. The van der Waals surface area contributed by atoms with Crippen molar-refractivity contribution >= 4 is 17.5 Å². The molecule has 160 valence electrons. The summed E-state index contributed by atoms with van der Waals surface area (Å²) in [5, 5.41) is 3.01. The number of carbonyl (C=O) groups excluding carboxylic acids is 2. The molecule has 0 bridgehead atoms. The lowest BCUT2D eigenvalue weighted by molar-refractivity contribution is -0.951. The predicted octanol–water partition coefficient (Wildman–Crippen LogP) is 1.79. The number of nitrogens with one attached hydrogen (secondary N) is 2. The van der Waals surface area contributed by atoms with Crippen molar-refractivity contribution in [3.8, 4) is 5.75 Å². The van der Waals surface area contributed by atoms with Gasteiger partial charge in [-0.05, 0) is 51.2 Å². The van der Waals surface area contributed by atoms with Crippen LogP contribution < -0.4 is 19.9 Å². The molecular formula is C23H36N3O3+. The quantitative estimate of drug-likeness (QED) is 0.684. The topological polar surface area (TPSA) is 63.1 Å². The Balaban J connectivity index is 1.53. The number of nitrogens with zero attached hydrogens (tertiary/aromatic N) is 1. The average Bonchev–Trinajstić information content (AvgIpc) is 2.68. The summed E-state index contributed by atoms with van der Waals surface area (Å²) in [6.45, 7) is 10.3. The predicted molar refractivity (Wildman–Crippen MR) is 114 cm³/mol. The number of hydrogen-bond acceptors (Lipinski definition) is 3. The van der Waals surface area contributed by atoms with E-state index in [1.807, 2.05) is 38.1 Å². The smallest absolute Gasteiger partial charge is 0.268 e. The number of quaternary nitrogens is 1. The molecule has 0 saturated carbocycles. The molecule has 1 aromatic rings. The van der Waals surface area contributed by atoms with Crippen LogP contribution >= 0.6 is 0 Å². The maximum absolute atomic E-state index is 12.9. The molecule has 2 heterocycles. The number of carbonyl (C=O) groups is 2. The van der Waals surface area contributed by atoms with Gasteiger partial charge in [0.25, 0.3) is 5.91 Å². The molecule has 2 N–H and O–H groups in total. The molecule has 1 saturated heterocycles. The lowest BCUT2D eigenvalue weighted by atomic mass is 9.97. The highest BCUT2D eigenvalue weighted by molar-refractivity contribution is 6.03. The lowest BCUT2D eigenvalue weighted by Crippen LogP contribution is -3.19. The van der Waals surface area contributed by atoms with Crippen LogP contribution in [0.25, 0.3) is 0 Å². The van der Waals surface area contributed by atoms with Crippen LogP contribution in [0.3, 0.4) is 0 Å². The van der Waals surface area contributed by atoms with Crippen LogP contribution in [0.4, 0.5) is 5.69 Å². The molecule has 6 heteroatoms. The van der Waals surface area contributed by atoms with Crippen molar-refractivity contribution in [1.29, 1.82) is 0 Å². The van der Waals surface area contributed by atoms with Crippen LogP contribution in [0.5, 0.6) is 5.75 Å². The fraction of sp³-hybridized carbons (Fsp3) is 0.652. The van der Waals surface area contributed by atoms with Gasteiger partial charge in [-0.25, -0.2) is 0 Å². The molecule has 0 aliphatic carbocycles. The standard InChI is InChI=1S/C23H35N3O3/c1-16(2)22-23(28)26(19-11-5-6-12-20(19)29-22)15-21(27)24-13-8-14-25-17(3)9-7-10-18(25)4/h5-6,11-12,16-18,22H,7-10,13-15H2,1-4H3,(H,24,27)/p+1/t17-,18-,22-/m1/s1. The van der Waals surface area contributed by atoms with E-state index in [1.54, 1.807) is 9.80 Å². The molecule has 0 unspecified atom stereocenters. The Bertz CT molecular complexity index is 711. The minimum Gasteiger partial charge on any atom is -0.478 e. The molecule has 3 rings (SSSR count). The first-order valence-electron chi connectivity index (χ1n) is 11.1. The summed E-state index contributed by atoms with van der Waals surface area (Å²) < 4.78 is 5.88. The zero-order valence-electron chi connectivity index (χ0n) is 18.2. The van der Waals surface area contributed by atoms with E-state index in [0.717, 1.165) is 13.0 Å². The molecule has 1 aromatic carbocycles. The number of hydrogen-bond donors (Lipinski definition) is 2. The third-order valence-electron chi connectivity index (χ3n) is 6.33. The number of benzene rings is 1. The van der Waals surface area contributed by atoms with Crippen molar-refractivity contribution in [2.45, 2.75) is 71.6 Å². The Hall–Kier alpha value is -2.08. The van der Waals surface area contributed by atoms with E-state index in [0.29, 0.717) is 30.1 Å². The molecule has 0 radical (unpaired) electrons. The first-order valence-corrected chi connectivity index (χ1v) is 11.1. The van der Waals surface area contributed by atoms with E-state index in [9.17, 15) is 9.59 Å². The van der Waals surface area contributed by atoms with Gasteiger partial charge in [0, 0.05) is 13.0 Å². The minimum atomic E-state index is -0.552. The summed E-state index contributed by atoms with van der Waals surface area (Å²) >= 11 is 0. The van der Waals surface area contributed by atoms with Gasteiger partial charge >= 0.3 is 0 Å². The number of piperidine rings is 1. The SMILES string of the molecule is CC(C)[C@H]1Oc2ccccc2N(CC(=O)NCCC[NH+]2[C@H](C)CCC[C@H]2C)C1=O. The van der Waals surface area contributed by atoms with Gasteiger partial charge in [0.1, 0.15) is 12.3 Å². The molecule has 2 amide bonds. The number of fused-ring (bicyclic) bond motifs is 1. The Morgan fingerprint density at radius 2 is 1.93 bits per heavy atom. The maximum atomic E-state index is 12.9. The number of amides is 2. The molecule has 3 atom stereocenters. The third-order valence-corrected chi connectivity index (χ3v) is 6.33. The first-order chi connectivity index (χ1) is 13.9. The second-order valence-corrected chi connectivity index (χ2v) is 8.94. The number of ether oxygens (including phenoxy) is 1. The van der Waals surface area contributed by atoms with Crippen molar-refractivity contribution in [2.24, 2.45) is 5.92 Å². The third kappa shape index (κ3) is 5.10. The maximum Gasteiger partial charge on any atom is 0.268 e. The zero-order chi connectivity index (χ0) is 21.0. The van der Waals surface area contributed by atoms with Crippen LogP contribution in [-0.4, -0.2) is 49.6 Å². The Labute approximate surface area is 174 Å². The highest BCUT2D eigenvalue weighted by atomic mass is 16.5. The van der Waals surface area contributed by atoms with Gasteiger partial charge in [0.2, 0.25) is 5.91 Å². The summed E-state index contributed by atoms with van der Waals surface area (Å²) in [6.07, 6.45) is 4.32.